The van der Waals surface area contributed by atoms with E-state index in [9.17, 15) is 5.11 Å². The van der Waals surface area contributed by atoms with E-state index in [4.69, 9.17) is 0 Å². The molecule has 0 amide bonds. The Morgan fingerprint density at radius 3 is 2.57 bits per heavy atom. The van der Waals surface area contributed by atoms with Crippen LogP contribution in [0.15, 0.2) is 35.5 Å². The van der Waals surface area contributed by atoms with Crippen molar-refractivity contribution in [1.82, 2.24) is 0 Å². The van der Waals surface area contributed by atoms with Gasteiger partial charge in [0.15, 0.2) is 0 Å². The van der Waals surface area contributed by atoms with Crippen LogP contribution in [-0.2, 0) is 0 Å². The lowest BCUT2D eigenvalue weighted by atomic mass is 9.50. The SMILES string of the molecule is CC(C)C/C=C/[C@H](C)[C@H]1CC[C@@H]2C3=CC=C4C[C@@H](O)CC[C@@]4(C)[C@@H]3CC[C@@]21C. The molecule has 4 aliphatic carbocycles. The van der Waals surface area contributed by atoms with Crippen LogP contribution in [0.25, 0.3) is 0 Å². The molecule has 0 heterocycles. The molecule has 0 radical (unpaired) electrons. The largest absolute Gasteiger partial charge is 0.393 e. The fourth-order valence-electron chi connectivity index (χ4n) is 7.59. The molecule has 0 saturated heterocycles. The molecular weight excluding hydrogens is 340 g/mol. The Bertz CT molecular complexity index is 682. The Hall–Kier alpha value is -0.820. The number of rotatable bonds is 4. The molecule has 0 aromatic rings. The number of aliphatic hydroxyl groups excluding tert-OH is 1. The summed E-state index contributed by atoms with van der Waals surface area (Å²) in [6, 6.07) is 0. The van der Waals surface area contributed by atoms with Gasteiger partial charge in [-0.05, 0) is 91.8 Å². The number of hydrogen-bond acceptors (Lipinski definition) is 1. The van der Waals surface area contributed by atoms with Gasteiger partial charge in [-0.2, -0.15) is 0 Å². The molecule has 28 heavy (non-hydrogen) atoms. The summed E-state index contributed by atoms with van der Waals surface area (Å²) in [6.45, 7) is 12.2. The Kier molecular flexibility index (Phi) is 5.45. The van der Waals surface area contributed by atoms with Crippen molar-refractivity contribution in [3.8, 4) is 0 Å². The quantitative estimate of drug-likeness (QED) is 0.515. The van der Waals surface area contributed by atoms with Crippen LogP contribution in [0, 0.1) is 40.4 Å². The van der Waals surface area contributed by atoms with Gasteiger partial charge in [0.25, 0.3) is 0 Å². The highest BCUT2D eigenvalue weighted by atomic mass is 16.3. The lowest BCUT2D eigenvalue weighted by Crippen LogP contribution is -2.46. The van der Waals surface area contributed by atoms with Gasteiger partial charge in [-0.25, -0.2) is 0 Å². The minimum absolute atomic E-state index is 0.113. The van der Waals surface area contributed by atoms with E-state index < -0.39 is 0 Å². The molecule has 0 spiro atoms. The van der Waals surface area contributed by atoms with Crippen molar-refractivity contribution in [3.63, 3.8) is 0 Å². The summed E-state index contributed by atoms with van der Waals surface area (Å²) in [5, 5.41) is 10.2. The number of aliphatic hydroxyl groups is 1. The van der Waals surface area contributed by atoms with Crippen molar-refractivity contribution in [2.75, 3.05) is 0 Å². The van der Waals surface area contributed by atoms with E-state index in [1.54, 1.807) is 5.57 Å². The minimum Gasteiger partial charge on any atom is -0.393 e. The maximum absolute atomic E-state index is 10.2. The van der Waals surface area contributed by atoms with Crippen molar-refractivity contribution in [2.45, 2.75) is 92.1 Å². The van der Waals surface area contributed by atoms with Gasteiger partial charge in [-0.3, -0.25) is 0 Å². The molecule has 3 fully saturated rings. The standard InChI is InChI=1S/C27H42O/c1-18(2)7-6-8-19(3)23-11-12-24-22-10-9-20-17-21(28)13-15-26(20,4)25(22)14-16-27(23,24)5/h6,8-10,18-19,21,23-25,28H,7,11-17H2,1-5H3/b8-6+/t19-,21-,23+,24+,25+,26+,27+/m0/s1. The fraction of sp³-hybridized carbons (Fsp3) is 0.778. The van der Waals surface area contributed by atoms with Crippen molar-refractivity contribution in [3.05, 3.63) is 35.5 Å². The zero-order valence-corrected chi connectivity index (χ0v) is 18.9. The molecule has 4 rings (SSSR count). The van der Waals surface area contributed by atoms with Crippen LogP contribution in [0.4, 0.5) is 0 Å². The second-order valence-corrected chi connectivity index (χ2v) is 11.4. The van der Waals surface area contributed by atoms with Crippen molar-refractivity contribution in [1.29, 1.82) is 0 Å². The van der Waals surface area contributed by atoms with Crippen LogP contribution in [0.2, 0.25) is 0 Å². The second-order valence-electron chi connectivity index (χ2n) is 11.4. The highest BCUT2D eigenvalue weighted by Crippen LogP contribution is 2.65. The summed E-state index contributed by atoms with van der Waals surface area (Å²) < 4.78 is 0. The topological polar surface area (TPSA) is 20.2 Å². The van der Waals surface area contributed by atoms with Crippen molar-refractivity contribution >= 4 is 0 Å². The highest BCUT2D eigenvalue weighted by Gasteiger charge is 2.56. The van der Waals surface area contributed by atoms with Gasteiger partial charge in [0, 0.05) is 0 Å². The molecule has 1 nitrogen and oxygen atoms in total. The first kappa shape index (κ1) is 20.5. The lowest BCUT2D eigenvalue weighted by Gasteiger charge is -2.55. The number of fused-ring (bicyclic) bond motifs is 5. The van der Waals surface area contributed by atoms with Crippen LogP contribution >= 0.6 is 0 Å². The average molecular weight is 383 g/mol. The molecule has 0 aromatic heterocycles. The molecule has 0 aliphatic heterocycles. The molecule has 3 saturated carbocycles. The molecule has 0 bridgehead atoms. The van der Waals surface area contributed by atoms with Gasteiger partial charge in [0.1, 0.15) is 0 Å². The molecule has 0 unspecified atom stereocenters. The van der Waals surface area contributed by atoms with Crippen LogP contribution < -0.4 is 0 Å². The van der Waals surface area contributed by atoms with E-state index in [0.717, 1.165) is 36.5 Å². The first-order valence-corrected chi connectivity index (χ1v) is 12.0. The zero-order valence-electron chi connectivity index (χ0n) is 18.9. The van der Waals surface area contributed by atoms with Crippen molar-refractivity contribution < 1.29 is 5.11 Å². The van der Waals surface area contributed by atoms with E-state index in [2.05, 4.69) is 58.9 Å². The fourth-order valence-corrected chi connectivity index (χ4v) is 7.59. The molecule has 156 valence electrons. The third-order valence-electron chi connectivity index (χ3n) is 9.30. The molecule has 0 aromatic carbocycles. The zero-order chi connectivity index (χ0) is 20.1. The van der Waals surface area contributed by atoms with Gasteiger partial charge in [-0.15, -0.1) is 0 Å². The van der Waals surface area contributed by atoms with Gasteiger partial charge >= 0.3 is 0 Å². The second kappa shape index (κ2) is 7.46. The maximum atomic E-state index is 10.2. The first-order valence-electron chi connectivity index (χ1n) is 12.0. The monoisotopic (exact) mass is 382 g/mol. The third kappa shape index (κ3) is 3.26. The average Bonchev–Trinajstić information content (AvgIpc) is 2.99. The smallest absolute Gasteiger partial charge is 0.0578 e. The van der Waals surface area contributed by atoms with Crippen LogP contribution in [-0.4, -0.2) is 11.2 Å². The van der Waals surface area contributed by atoms with Gasteiger partial charge < -0.3 is 5.11 Å². The maximum Gasteiger partial charge on any atom is 0.0578 e. The predicted molar refractivity (Wildman–Crippen MR) is 119 cm³/mol. The van der Waals surface area contributed by atoms with Gasteiger partial charge in [0.05, 0.1) is 6.10 Å². The van der Waals surface area contributed by atoms with Crippen LogP contribution in [0.5, 0.6) is 0 Å². The van der Waals surface area contributed by atoms with E-state index in [-0.39, 0.29) is 6.10 Å². The van der Waals surface area contributed by atoms with E-state index >= 15 is 0 Å². The molecule has 7 atom stereocenters. The summed E-state index contributed by atoms with van der Waals surface area (Å²) in [4.78, 5) is 0. The third-order valence-corrected chi connectivity index (χ3v) is 9.30. The van der Waals surface area contributed by atoms with E-state index in [0.29, 0.717) is 16.7 Å². The summed E-state index contributed by atoms with van der Waals surface area (Å²) in [6.07, 6.45) is 19.6. The van der Waals surface area contributed by atoms with Crippen LogP contribution in [0.3, 0.4) is 0 Å². The molecule has 1 heteroatoms. The number of hydrogen-bond donors (Lipinski definition) is 1. The van der Waals surface area contributed by atoms with Gasteiger partial charge in [0.2, 0.25) is 0 Å². The predicted octanol–water partition coefficient (Wildman–Crippen LogP) is 7.08. The molecule has 4 aliphatic rings. The first-order chi connectivity index (χ1) is 13.3. The van der Waals surface area contributed by atoms with Gasteiger partial charge in [-0.1, -0.05) is 70.1 Å². The summed E-state index contributed by atoms with van der Waals surface area (Å²) >= 11 is 0. The normalized spacial score (nSPS) is 44.0. The van der Waals surface area contributed by atoms with E-state index in [1.165, 1.54) is 44.1 Å². The summed E-state index contributed by atoms with van der Waals surface area (Å²) in [5.74, 6) is 3.78. The Morgan fingerprint density at radius 1 is 1.04 bits per heavy atom. The highest BCUT2D eigenvalue weighted by molar-refractivity contribution is 5.39. The van der Waals surface area contributed by atoms with E-state index in [1.807, 2.05) is 0 Å². The summed E-state index contributed by atoms with van der Waals surface area (Å²) in [5.41, 5.74) is 4.09. The Morgan fingerprint density at radius 2 is 1.82 bits per heavy atom. The number of allylic oxidation sites excluding steroid dienone is 5. The molecular formula is C27H42O. The van der Waals surface area contributed by atoms with Crippen LogP contribution in [0.1, 0.15) is 86.0 Å². The Balaban J connectivity index is 1.57. The Labute approximate surface area is 173 Å². The molecule has 1 N–H and O–H groups in total. The lowest BCUT2D eigenvalue weighted by molar-refractivity contribution is 0.0383. The van der Waals surface area contributed by atoms with Crippen molar-refractivity contribution in [2.24, 2.45) is 40.4 Å². The summed E-state index contributed by atoms with van der Waals surface area (Å²) in [7, 11) is 0. The minimum atomic E-state index is -0.113.